The highest BCUT2D eigenvalue weighted by Crippen LogP contribution is 2.34. The van der Waals surface area contributed by atoms with Gasteiger partial charge in [-0.25, -0.2) is 13.5 Å². The molecule has 0 bridgehead atoms. The van der Waals surface area contributed by atoms with E-state index in [0.29, 0.717) is 50.1 Å². The summed E-state index contributed by atoms with van der Waals surface area (Å²) >= 11 is 0. The summed E-state index contributed by atoms with van der Waals surface area (Å²) in [5, 5.41) is 17.1. The Kier molecular flexibility index (Phi) is 5.64. The van der Waals surface area contributed by atoms with E-state index in [1.54, 1.807) is 4.68 Å². The molecule has 3 heterocycles. The SMILES string of the molecule is Cc1ccn(-c2cc(N3CCOC(CO)C3)nc(NC3CCC(F)(F)CC3)n2)n1. The number of hydrogen-bond acceptors (Lipinski definition) is 7. The first kappa shape index (κ1) is 20.0. The maximum absolute atomic E-state index is 13.5. The fourth-order valence-electron chi connectivity index (χ4n) is 3.71. The van der Waals surface area contributed by atoms with Gasteiger partial charge in [0.25, 0.3) is 0 Å². The van der Waals surface area contributed by atoms with E-state index in [1.807, 2.05) is 30.2 Å². The van der Waals surface area contributed by atoms with Crippen molar-refractivity contribution in [2.24, 2.45) is 0 Å². The molecule has 8 nitrogen and oxygen atoms in total. The van der Waals surface area contributed by atoms with Crippen molar-refractivity contribution < 1.29 is 18.6 Å². The van der Waals surface area contributed by atoms with Crippen LogP contribution in [0, 0.1) is 6.92 Å². The van der Waals surface area contributed by atoms with Gasteiger partial charge in [-0.15, -0.1) is 0 Å². The first-order chi connectivity index (χ1) is 13.9. The second-order valence-electron chi connectivity index (χ2n) is 7.71. The molecule has 2 aliphatic rings. The summed E-state index contributed by atoms with van der Waals surface area (Å²) in [5.74, 6) is -0.897. The molecule has 2 aromatic heterocycles. The van der Waals surface area contributed by atoms with E-state index in [2.05, 4.69) is 20.4 Å². The van der Waals surface area contributed by atoms with Crippen LogP contribution in [0.1, 0.15) is 31.4 Å². The third-order valence-electron chi connectivity index (χ3n) is 5.37. The molecule has 1 saturated heterocycles. The van der Waals surface area contributed by atoms with Gasteiger partial charge >= 0.3 is 0 Å². The molecule has 2 N–H and O–H groups in total. The quantitative estimate of drug-likeness (QED) is 0.784. The van der Waals surface area contributed by atoms with Gasteiger partial charge in [-0.2, -0.15) is 15.1 Å². The summed E-state index contributed by atoms with van der Waals surface area (Å²) in [6.07, 6.45) is 2.05. The predicted molar refractivity (Wildman–Crippen MR) is 104 cm³/mol. The van der Waals surface area contributed by atoms with Gasteiger partial charge in [0.1, 0.15) is 5.82 Å². The minimum Gasteiger partial charge on any atom is -0.394 e. The van der Waals surface area contributed by atoms with Crippen LogP contribution in [0.25, 0.3) is 5.82 Å². The van der Waals surface area contributed by atoms with Gasteiger partial charge in [0, 0.05) is 44.2 Å². The van der Waals surface area contributed by atoms with Crippen molar-refractivity contribution in [2.45, 2.75) is 50.7 Å². The van der Waals surface area contributed by atoms with Crippen LogP contribution in [0.3, 0.4) is 0 Å². The second kappa shape index (κ2) is 8.19. The Labute approximate surface area is 167 Å². The van der Waals surface area contributed by atoms with E-state index in [0.717, 1.165) is 5.69 Å². The van der Waals surface area contributed by atoms with Gasteiger partial charge in [0.15, 0.2) is 5.82 Å². The zero-order valence-electron chi connectivity index (χ0n) is 16.4. The second-order valence-corrected chi connectivity index (χ2v) is 7.71. The Morgan fingerprint density at radius 2 is 2.03 bits per heavy atom. The lowest BCUT2D eigenvalue weighted by Crippen LogP contribution is -2.44. The van der Waals surface area contributed by atoms with E-state index in [4.69, 9.17) is 4.74 Å². The van der Waals surface area contributed by atoms with Crippen LogP contribution < -0.4 is 10.2 Å². The van der Waals surface area contributed by atoms with Crippen molar-refractivity contribution in [1.82, 2.24) is 19.7 Å². The van der Waals surface area contributed by atoms with Gasteiger partial charge in [-0.05, 0) is 25.8 Å². The molecule has 29 heavy (non-hydrogen) atoms. The van der Waals surface area contributed by atoms with Gasteiger partial charge in [0.05, 0.1) is 25.0 Å². The molecule has 1 aliphatic carbocycles. The molecule has 0 aromatic carbocycles. The Bertz CT molecular complexity index is 836. The standard InChI is InChI=1S/C19H26F2N6O2/c1-13-4-7-27(25-13)17-10-16(26-8-9-29-15(11-26)12-28)23-18(24-17)22-14-2-5-19(20,21)6-3-14/h4,7,10,14-15,28H,2-3,5-6,8-9,11-12H2,1H3,(H,22,23,24). The van der Waals surface area contributed by atoms with Crippen molar-refractivity contribution in [3.8, 4) is 5.82 Å². The van der Waals surface area contributed by atoms with Gasteiger partial charge in [0.2, 0.25) is 11.9 Å². The van der Waals surface area contributed by atoms with Crippen molar-refractivity contribution in [3.05, 3.63) is 24.0 Å². The number of morpholine rings is 1. The smallest absolute Gasteiger partial charge is 0.248 e. The van der Waals surface area contributed by atoms with Crippen LogP contribution in [0.5, 0.6) is 0 Å². The number of halogens is 2. The van der Waals surface area contributed by atoms with Gasteiger partial charge < -0.3 is 20.1 Å². The summed E-state index contributed by atoms with van der Waals surface area (Å²) in [6, 6.07) is 3.63. The predicted octanol–water partition coefficient (Wildman–Crippen LogP) is 2.16. The molecule has 0 spiro atoms. The number of aromatic nitrogens is 4. The number of anilines is 2. The van der Waals surface area contributed by atoms with Crippen molar-refractivity contribution in [2.75, 3.05) is 36.5 Å². The molecule has 0 radical (unpaired) electrons. The fourth-order valence-corrected chi connectivity index (χ4v) is 3.71. The van der Waals surface area contributed by atoms with Gasteiger partial charge in [-0.3, -0.25) is 0 Å². The molecule has 2 aromatic rings. The lowest BCUT2D eigenvalue weighted by Gasteiger charge is -2.33. The number of nitrogens with zero attached hydrogens (tertiary/aromatic N) is 5. The number of ether oxygens (including phenoxy) is 1. The lowest BCUT2D eigenvalue weighted by molar-refractivity contribution is -0.0361. The number of aliphatic hydroxyl groups excluding tert-OH is 1. The topological polar surface area (TPSA) is 88.3 Å². The van der Waals surface area contributed by atoms with E-state index in [9.17, 15) is 13.9 Å². The molecule has 1 atom stereocenters. The largest absolute Gasteiger partial charge is 0.394 e. The number of alkyl halides is 2. The molecule has 1 aliphatic heterocycles. The minimum atomic E-state index is -2.58. The Morgan fingerprint density at radius 3 is 2.72 bits per heavy atom. The average molecular weight is 408 g/mol. The highest BCUT2D eigenvalue weighted by Gasteiger charge is 2.35. The number of aliphatic hydroxyl groups is 1. The number of hydrogen-bond donors (Lipinski definition) is 2. The molecule has 1 saturated carbocycles. The number of rotatable bonds is 5. The third kappa shape index (κ3) is 4.81. The molecule has 158 valence electrons. The van der Waals surface area contributed by atoms with Crippen LogP contribution in [-0.4, -0.2) is 69.2 Å². The summed E-state index contributed by atoms with van der Waals surface area (Å²) < 4.78 is 34.1. The summed E-state index contributed by atoms with van der Waals surface area (Å²) in [4.78, 5) is 11.2. The molecule has 2 fully saturated rings. The zero-order chi connectivity index (χ0) is 20.4. The summed E-state index contributed by atoms with van der Waals surface area (Å²) in [5.41, 5.74) is 0.862. The van der Waals surface area contributed by atoms with E-state index >= 15 is 0 Å². The molecule has 1 unspecified atom stereocenters. The third-order valence-corrected chi connectivity index (χ3v) is 5.37. The molecule has 10 heteroatoms. The molecule has 0 amide bonds. The van der Waals surface area contributed by atoms with Crippen LogP contribution in [0.2, 0.25) is 0 Å². The Morgan fingerprint density at radius 1 is 1.28 bits per heavy atom. The van der Waals surface area contributed by atoms with E-state index in [-0.39, 0.29) is 31.6 Å². The number of nitrogens with one attached hydrogen (secondary N) is 1. The van der Waals surface area contributed by atoms with E-state index < -0.39 is 5.92 Å². The van der Waals surface area contributed by atoms with Crippen molar-refractivity contribution in [1.29, 1.82) is 0 Å². The van der Waals surface area contributed by atoms with Crippen LogP contribution in [0.15, 0.2) is 18.3 Å². The maximum atomic E-state index is 13.5. The van der Waals surface area contributed by atoms with Crippen LogP contribution in [-0.2, 0) is 4.74 Å². The molecule has 4 rings (SSSR count). The normalized spacial score (nSPS) is 22.6. The first-order valence-electron chi connectivity index (χ1n) is 9.95. The molecular formula is C19H26F2N6O2. The number of aryl methyl sites for hydroxylation is 1. The maximum Gasteiger partial charge on any atom is 0.248 e. The van der Waals surface area contributed by atoms with Crippen molar-refractivity contribution in [3.63, 3.8) is 0 Å². The average Bonchev–Trinajstić information content (AvgIpc) is 3.16. The van der Waals surface area contributed by atoms with Gasteiger partial charge in [-0.1, -0.05) is 0 Å². The minimum absolute atomic E-state index is 0.0613. The highest BCUT2D eigenvalue weighted by molar-refractivity contribution is 5.49. The van der Waals surface area contributed by atoms with Crippen molar-refractivity contribution >= 4 is 11.8 Å². The Balaban J connectivity index is 1.60. The summed E-state index contributed by atoms with van der Waals surface area (Å²) in [7, 11) is 0. The lowest BCUT2D eigenvalue weighted by atomic mass is 9.92. The first-order valence-corrected chi connectivity index (χ1v) is 9.95. The Hall–Kier alpha value is -2.33. The van der Waals surface area contributed by atoms with Crippen LogP contribution >= 0.6 is 0 Å². The molecular weight excluding hydrogens is 382 g/mol. The van der Waals surface area contributed by atoms with E-state index in [1.165, 1.54) is 0 Å². The monoisotopic (exact) mass is 408 g/mol. The zero-order valence-corrected chi connectivity index (χ0v) is 16.4. The highest BCUT2D eigenvalue weighted by atomic mass is 19.3. The summed E-state index contributed by atoms with van der Waals surface area (Å²) in [6.45, 7) is 3.48. The fraction of sp³-hybridized carbons (Fsp3) is 0.632. The van der Waals surface area contributed by atoms with Crippen LogP contribution in [0.4, 0.5) is 20.5 Å².